The molecule has 0 saturated heterocycles. The number of halogens is 4. The Labute approximate surface area is 66.6 Å². The normalized spacial score (nSPS) is 10.6. The molecule has 0 fully saturated rings. The van der Waals surface area contributed by atoms with E-state index < -0.39 is 22.8 Å². The van der Waals surface area contributed by atoms with Crippen molar-refractivity contribution in [3.05, 3.63) is 34.6 Å². The third-order valence-electron chi connectivity index (χ3n) is 1.22. The fourth-order valence-corrected chi connectivity index (χ4v) is 0.897. The second kappa shape index (κ2) is 3.13. The number of benzene rings is 1. The molecule has 0 nitrogen and oxygen atoms in total. The van der Waals surface area contributed by atoms with Gasteiger partial charge in [-0.1, -0.05) is 23.7 Å². The van der Waals surface area contributed by atoms with E-state index in [-0.39, 0.29) is 0 Å². The van der Waals surface area contributed by atoms with Crippen molar-refractivity contribution in [1.29, 1.82) is 0 Å². The van der Waals surface area contributed by atoms with E-state index in [2.05, 4.69) is 0 Å². The summed E-state index contributed by atoms with van der Waals surface area (Å²) in [5.74, 6) is -0.815. The molecule has 11 heavy (non-hydrogen) atoms. The zero-order chi connectivity index (χ0) is 8.43. The van der Waals surface area contributed by atoms with Crippen LogP contribution in [0.25, 0.3) is 0 Å². The summed E-state index contributed by atoms with van der Waals surface area (Å²) in [7, 11) is 0. The Morgan fingerprint density at radius 3 is 2.36 bits per heavy atom. The van der Waals surface area contributed by atoms with E-state index in [9.17, 15) is 13.2 Å². The molecule has 0 N–H and O–H groups in total. The Morgan fingerprint density at radius 1 is 1.27 bits per heavy atom. The van der Waals surface area contributed by atoms with Crippen LogP contribution in [0.1, 0.15) is 12.0 Å². The quantitative estimate of drug-likeness (QED) is 0.621. The van der Waals surface area contributed by atoms with Crippen LogP contribution in [-0.4, -0.2) is 0 Å². The van der Waals surface area contributed by atoms with E-state index >= 15 is 0 Å². The predicted molar refractivity (Wildman–Crippen MR) is 36.4 cm³/mol. The van der Waals surface area contributed by atoms with Crippen LogP contribution in [-0.2, 0) is 0 Å². The van der Waals surface area contributed by atoms with Gasteiger partial charge in [-0.05, 0) is 6.07 Å². The summed E-state index contributed by atoms with van der Waals surface area (Å²) in [6, 6.07) is 3.33. The summed E-state index contributed by atoms with van der Waals surface area (Å²) < 4.78 is 36.4. The zero-order valence-corrected chi connectivity index (χ0v) is 6.08. The van der Waals surface area contributed by atoms with Gasteiger partial charge < -0.3 is 0 Å². The van der Waals surface area contributed by atoms with Crippen LogP contribution in [0.3, 0.4) is 0 Å². The fourth-order valence-electron chi connectivity index (χ4n) is 0.689. The summed E-state index contributed by atoms with van der Waals surface area (Å²) in [5, 5.41) is -0.498. The molecule has 0 unspecified atom stereocenters. The van der Waals surface area contributed by atoms with Gasteiger partial charge in [-0.25, -0.2) is 13.2 Å². The Kier molecular flexibility index (Phi) is 2.39. The highest BCUT2D eigenvalue weighted by atomic mass is 35.5. The van der Waals surface area contributed by atoms with Gasteiger partial charge >= 0.3 is 0 Å². The molecule has 0 spiro atoms. The predicted octanol–water partition coefficient (Wildman–Crippen LogP) is 3.42. The molecule has 1 aromatic carbocycles. The van der Waals surface area contributed by atoms with Gasteiger partial charge in [0.05, 0.1) is 5.02 Å². The molecule has 0 aromatic heterocycles. The van der Waals surface area contributed by atoms with Crippen molar-refractivity contribution in [2.75, 3.05) is 0 Å². The van der Waals surface area contributed by atoms with E-state index in [1.165, 1.54) is 6.07 Å². The maximum atomic E-state index is 12.5. The van der Waals surface area contributed by atoms with Gasteiger partial charge in [0.2, 0.25) is 0 Å². The molecule has 0 saturated carbocycles. The minimum atomic E-state index is -2.72. The lowest BCUT2D eigenvalue weighted by atomic mass is 10.2. The van der Waals surface area contributed by atoms with Crippen molar-refractivity contribution < 1.29 is 13.2 Å². The molecule has 1 aromatic rings. The smallest absolute Gasteiger partial charge is 0.205 e. The van der Waals surface area contributed by atoms with Gasteiger partial charge in [-0.15, -0.1) is 0 Å². The molecule has 0 atom stereocenters. The standard InChI is InChI=1S/C7H4ClF3/c8-6-4(7(10)11)2-1-3-5(6)9/h1-3,7H. The highest BCUT2D eigenvalue weighted by Gasteiger charge is 2.13. The van der Waals surface area contributed by atoms with Crippen molar-refractivity contribution in [3.8, 4) is 0 Å². The lowest BCUT2D eigenvalue weighted by molar-refractivity contribution is 0.151. The molecule has 0 amide bonds. The second-order valence-corrected chi connectivity index (χ2v) is 2.32. The van der Waals surface area contributed by atoms with Crippen molar-refractivity contribution >= 4 is 11.6 Å². The van der Waals surface area contributed by atoms with Crippen molar-refractivity contribution in [2.45, 2.75) is 6.43 Å². The number of alkyl halides is 2. The summed E-state index contributed by atoms with van der Waals surface area (Å²) in [5.41, 5.74) is -0.466. The zero-order valence-electron chi connectivity index (χ0n) is 5.32. The van der Waals surface area contributed by atoms with Gasteiger partial charge in [0.15, 0.2) is 0 Å². The first-order chi connectivity index (χ1) is 5.13. The molecular formula is C7H4ClF3. The highest BCUT2D eigenvalue weighted by Crippen LogP contribution is 2.28. The fraction of sp³-hybridized carbons (Fsp3) is 0.143. The van der Waals surface area contributed by atoms with Crippen LogP contribution in [0.15, 0.2) is 18.2 Å². The van der Waals surface area contributed by atoms with Crippen LogP contribution in [0.2, 0.25) is 5.02 Å². The Bertz CT molecular complexity index is 260. The van der Waals surface area contributed by atoms with Gasteiger partial charge in [0, 0.05) is 5.56 Å². The number of hydrogen-bond donors (Lipinski definition) is 0. The molecule has 60 valence electrons. The average Bonchev–Trinajstić information content (AvgIpc) is 1.94. The summed E-state index contributed by atoms with van der Waals surface area (Å²) in [6.45, 7) is 0. The topological polar surface area (TPSA) is 0 Å². The molecule has 0 bridgehead atoms. The minimum Gasteiger partial charge on any atom is -0.205 e. The first-order valence-electron chi connectivity index (χ1n) is 2.85. The Morgan fingerprint density at radius 2 is 1.91 bits per heavy atom. The molecule has 4 heteroatoms. The van der Waals surface area contributed by atoms with E-state index in [4.69, 9.17) is 11.6 Å². The number of hydrogen-bond acceptors (Lipinski definition) is 0. The molecule has 0 radical (unpaired) electrons. The van der Waals surface area contributed by atoms with Gasteiger partial charge in [-0.2, -0.15) is 0 Å². The Balaban J connectivity index is 3.17. The molecule has 1 rings (SSSR count). The second-order valence-electron chi connectivity index (χ2n) is 1.94. The summed E-state index contributed by atoms with van der Waals surface area (Å²) >= 11 is 5.23. The largest absolute Gasteiger partial charge is 0.265 e. The van der Waals surface area contributed by atoms with Crippen LogP contribution < -0.4 is 0 Å². The average molecular weight is 181 g/mol. The van der Waals surface area contributed by atoms with Crippen LogP contribution in [0.5, 0.6) is 0 Å². The van der Waals surface area contributed by atoms with Crippen LogP contribution >= 0.6 is 11.6 Å². The van der Waals surface area contributed by atoms with Gasteiger partial charge in [0.1, 0.15) is 5.82 Å². The first kappa shape index (κ1) is 8.40. The third kappa shape index (κ3) is 1.66. The van der Waals surface area contributed by atoms with Crippen molar-refractivity contribution in [2.24, 2.45) is 0 Å². The lowest BCUT2D eigenvalue weighted by Gasteiger charge is -2.01. The lowest BCUT2D eigenvalue weighted by Crippen LogP contribution is -1.87. The minimum absolute atomic E-state index is 0.466. The van der Waals surface area contributed by atoms with E-state index in [0.717, 1.165) is 12.1 Å². The maximum Gasteiger partial charge on any atom is 0.265 e. The molecular weight excluding hydrogens is 177 g/mol. The summed E-state index contributed by atoms with van der Waals surface area (Å²) in [6.07, 6.45) is -2.72. The van der Waals surface area contributed by atoms with E-state index in [0.29, 0.717) is 0 Å². The van der Waals surface area contributed by atoms with Crippen LogP contribution in [0, 0.1) is 5.82 Å². The van der Waals surface area contributed by atoms with Crippen molar-refractivity contribution in [1.82, 2.24) is 0 Å². The molecule has 0 aliphatic carbocycles. The van der Waals surface area contributed by atoms with Gasteiger partial charge in [-0.3, -0.25) is 0 Å². The molecule has 0 aliphatic heterocycles. The van der Waals surface area contributed by atoms with E-state index in [1.807, 2.05) is 0 Å². The summed E-state index contributed by atoms with van der Waals surface area (Å²) in [4.78, 5) is 0. The van der Waals surface area contributed by atoms with Crippen LogP contribution in [0.4, 0.5) is 13.2 Å². The Hall–Kier alpha value is -0.700. The SMILES string of the molecule is Fc1cccc(C(F)F)c1Cl. The molecule has 0 aliphatic rings. The highest BCUT2D eigenvalue weighted by molar-refractivity contribution is 6.31. The van der Waals surface area contributed by atoms with Gasteiger partial charge in [0.25, 0.3) is 6.43 Å². The van der Waals surface area contributed by atoms with E-state index in [1.54, 1.807) is 0 Å². The maximum absolute atomic E-state index is 12.5. The monoisotopic (exact) mass is 180 g/mol. The first-order valence-corrected chi connectivity index (χ1v) is 3.23. The van der Waals surface area contributed by atoms with Crippen molar-refractivity contribution in [3.63, 3.8) is 0 Å². The number of rotatable bonds is 1. The third-order valence-corrected chi connectivity index (χ3v) is 1.62. The molecule has 0 heterocycles.